The number of hydrogen-bond donors (Lipinski definition) is 3. The lowest BCUT2D eigenvalue weighted by molar-refractivity contribution is -0.140. The molecular weight excluding hydrogens is 232 g/mol. The van der Waals surface area contributed by atoms with Gasteiger partial charge in [-0.15, -0.1) is 0 Å². The van der Waals surface area contributed by atoms with E-state index < -0.39 is 12.0 Å². The standard InChI is InChI=1S/C13H24N2O3/c1-9(2)11(12(16)17)15-13(18)14-10-7-5-3-4-6-8-10/h9-11H,3-8H2,1-2H3,(H,16,17)(H2,14,15,18). The summed E-state index contributed by atoms with van der Waals surface area (Å²) in [6.45, 7) is 3.56. The summed E-state index contributed by atoms with van der Waals surface area (Å²) in [5, 5.41) is 14.4. The molecule has 1 unspecified atom stereocenters. The van der Waals surface area contributed by atoms with Crippen LogP contribution in [0.15, 0.2) is 0 Å². The summed E-state index contributed by atoms with van der Waals surface area (Å²) >= 11 is 0. The van der Waals surface area contributed by atoms with Gasteiger partial charge in [0.15, 0.2) is 0 Å². The summed E-state index contributed by atoms with van der Waals surface area (Å²) in [6.07, 6.45) is 6.71. The molecular formula is C13H24N2O3. The second-order valence-corrected chi connectivity index (χ2v) is 5.37. The number of carbonyl (C=O) groups is 2. The molecule has 1 atom stereocenters. The molecule has 0 heterocycles. The fourth-order valence-corrected chi connectivity index (χ4v) is 2.31. The van der Waals surface area contributed by atoms with E-state index in [4.69, 9.17) is 5.11 Å². The average molecular weight is 256 g/mol. The lowest BCUT2D eigenvalue weighted by atomic mass is 10.1. The van der Waals surface area contributed by atoms with Crippen LogP contribution in [0, 0.1) is 5.92 Å². The normalized spacial score (nSPS) is 19.1. The Bertz CT molecular complexity index is 284. The third-order valence-corrected chi connectivity index (χ3v) is 3.41. The van der Waals surface area contributed by atoms with E-state index in [1.54, 1.807) is 13.8 Å². The number of urea groups is 1. The van der Waals surface area contributed by atoms with Gasteiger partial charge in [0.05, 0.1) is 0 Å². The Morgan fingerprint density at radius 2 is 1.67 bits per heavy atom. The third-order valence-electron chi connectivity index (χ3n) is 3.41. The lowest BCUT2D eigenvalue weighted by Gasteiger charge is -2.21. The fraction of sp³-hybridized carbons (Fsp3) is 0.846. The number of carboxylic acid groups (broad SMARTS) is 1. The SMILES string of the molecule is CC(C)C(NC(=O)NC1CCCCCC1)C(=O)O. The maximum absolute atomic E-state index is 11.8. The topological polar surface area (TPSA) is 78.4 Å². The van der Waals surface area contributed by atoms with Gasteiger partial charge in [0.2, 0.25) is 0 Å². The summed E-state index contributed by atoms with van der Waals surface area (Å²) < 4.78 is 0. The van der Waals surface area contributed by atoms with Crippen LogP contribution in [-0.4, -0.2) is 29.2 Å². The maximum Gasteiger partial charge on any atom is 0.326 e. The van der Waals surface area contributed by atoms with Crippen molar-refractivity contribution < 1.29 is 14.7 Å². The molecule has 2 amide bonds. The summed E-state index contributed by atoms with van der Waals surface area (Å²) in [5.41, 5.74) is 0. The molecule has 0 aromatic heterocycles. The molecule has 104 valence electrons. The van der Waals surface area contributed by atoms with Gasteiger partial charge in [-0.3, -0.25) is 0 Å². The molecule has 1 aliphatic rings. The first-order valence-electron chi connectivity index (χ1n) is 6.80. The van der Waals surface area contributed by atoms with Gasteiger partial charge in [-0.2, -0.15) is 0 Å². The highest BCUT2D eigenvalue weighted by Gasteiger charge is 2.24. The van der Waals surface area contributed by atoms with Crippen LogP contribution in [0.5, 0.6) is 0 Å². The van der Waals surface area contributed by atoms with Gasteiger partial charge in [0.1, 0.15) is 6.04 Å². The Morgan fingerprint density at radius 3 is 2.11 bits per heavy atom. The smallest absolute Gasteiger partial charge is 0.326 e. The van der Waals surface area contributed by atoms with Crippen molar-refractivity contribution in [2.45, 2.75) is 64.5 Å². The van der Waals surface area contributed by atoms with Crippen molar-refractivity contribution in [3.8, 4) is 0 Å². The van der Waals surface area contributed by atoms with Crippen molar-refractivity contribution in [3.05, 3.63) is 0 Å². The number of amides is 2. The molecule has 18 heavy (non-hydrogen) atoms. The largest absolute Gasteiger partial charge is 0.480 e. The number of carboxylic acids is 1. The fourth-order valence-electron chi connectivity index (χ4n) is 2.31. The van der Waals surface area contributed by atoms with Crippen LogP contribution in [0.2, 0.25) is 0 Å². The second kappa shape index (κ2) is 7.24. The van der Waals surface area contributed by atoms with Crippen molar-refractivity contribution in [2.75, 3.05) is 0 Å². The molecule has 5 nitrogen and oxygen atoms in total. The van der Waals surface area contributed by atoms with Crippen LogP contribution < -0.4 is 10.6 Å². The Morgan fingerprint density at radius 1 is 1.11 bits per heavy atom. The quantitative estimate of drug-likeness (QED) is 0.674. The summed E-state index contributed by atoms with van der Waals surface area (Å²) in [4.78, 5) is 22.7. The van der Waals surface area contributed by atoms with Gasteiger partial charge in [-0.25, -0.2) is 9.59 Å². The molecule has 0 spiro atoms. The van der Waals surface area contributed by atoms with Crippen LogP contribution in [0.3, 0.4) is 0 Å². The first-order chi connectivity index (χ1) is 8.50. The molecule has 0 saturated heterocycles. The van der Waals surface area contributed by atoms with E-state index in [2.05, 4.69) is 10.6 Å². The van der Waals surface area contributed by atoms with Crippen molar-refractivity contribution in [3.63, 3.8) is 0 Å². The molecule has 3 N–H and O–H groups in total. The van der Waals surface area contributed by atoms with Crippen LogP contribution in [0.1, 0.15) is 52.4 Å². The molecule has 5 heteroatoms. The van der Waals surface area contributed by atoms with E-state index in [1.807, 2.05) is 0 Å². The molecule has 0 radical (unpaired) electrons. The zero-order valence-electron chi connectivity index (χ0n) is 11.2. The van der Waals surface area contributed by atoms with Crippen molar-refractivity contribution >= 4 is 12.0 Å². The lowest BCUT2D eigenvalue weighted by Crippen LogP contribution is -2.50. The van der Waals surface area contributed by atoms with Crippen molar-refractivity contribution in [1.29, 1.82) is 0 Å². The predicted molar refractivity (Wildman–Crippen MR) is 69.4 cm³/mol. The molecule has 0 aromatic rings. The van der Waals surface area contributed by atoms with Gasteiger partial charge >= 0.3 is 12.0 Å². The average Bonchev–Trinajstić information content (AvgIpc) is 2.53. The monoisotopic (exact) mass is 256 g/mol. The number of hydrogen-bond acceptors (Lipinski definition) is 2. The van der Waals surface area contributed by atoms with E-state index >= 15 is 0 Å². The van der Waals surface area contributed by atoms with E-state index in [0.29, 0.717) is 0 Å². The second-order valence-electron chi connectivity index (χ2n) is 5.37. The zero-order chi connectivity index (χ0) is 13.5. The number of aliphatic carboxylic acids is 1. The number of nitrogens with one attached hydrogen (secondary N) is 2. The first kappa shape index (κ1) is 14.8. The Hall–Kier alpha value is -1.26. The Balaban J connectivity index is 2.41. The number of rotatable bonds is 4. The van der Waals surface area contributed by atoms with Crippen LogP contribution in [0.4, 0.5) is 4.79 Å². The van der Waals surface area contributed by atoms with E-state index in [0.717, 1.165) is 25.7 Å². The molecule has 1 fully saturated rings. The third kappa shape index (κ3) is 4.94. The molecule has 1 rings (SSSR count). The van der Waals surface area contributed by atoms with Gasteiger partial charge in [-0.1, -0.05) is 39.5 Å². The van der Waals surface area contributed by atoms with E-state index in [9.17, 15) is 9.59 Å². The molecule has 1 saturated carbocycles. The minimum Gasteiger partial charge on any atom is -0.480 e. The van der Waals surface area contributed by atoms with E-state index in [1.165, 1.54) is 12.8 Å². The van der Waals surface area contributed by atoms with Gasteiger partial charge in [0.25, 0.3) is 0 Å². The molecule has 0 bridgehead atoms. The molecule has 0 aromatic carbocycles. The van der Waals surface area contributed by atoms with Crippen molar-refractivity contribution in [2.24, 2.45) is 5.92 Å². The van der Waals surface area contributed by atoms with Crippen LogP contribution in [0.25, 0.3) is 0 Å². The highest BCUT2D eigenvalue weighted by molar-refractivity contribution is 5.82. The maximum atomic E-state index is 11.8. The van der Waals surface area contributed by atoms with Crippen LogP contribution >= 0.6 is 0 Å². The highest BCUT2D eigenvalue weighted by atomic mass is 16.4. The Kier molecular flexibility index (Phi) is 5.95. The van der Waals surface area contributed by atoms with Crippen molar-refractivity contribution in [1.82, 2.24) is 10.6 Å². The number of carbonyl (C=O) groups excluding carboxylic acids is 1. The van der Waals surface area contributed by atoms with Crippen LogP contribution in [-0.2, 0) is 4.79 Å². The predicted octanol–water partition coefficient (Wildman–Crippen LogP) is 2.12. The van der Waals surface area contributed by atoms with Gasteiger partial charge in [-0.05, 0) is 18.8 Å². The first-order valence-corrected chi connectivity index (χ1v) is 6.80. The summed E-state index contributed by atoms with van der Waals surface area (Å²) in [5.74, 6) is -1.11. The zero-order valence-corrected chi connectivity index (χ0v) is 11.2. The minimum absolute atomic E-state index is 0.123. The molecule has 1 aliphatic carbocycles. The van der Waals surface area contributed by atoms with Gasteiger partial charge in [0, 0.05) is 6.04 Å². The molecule has 0 aliphatic heterocycles. The highest BCUT2D eigenvalue weighted by Crippen LogP contribution is 2.17. The minimum atomic E-state index is -0.985. The summed E-state index contributed by atoms with van der Waals surface area (Å²) in [6, 6.07) is -0.993. The van der Waals surface area contributed by atoms with E-state index in [-0.39, 0.29) is 18.0 Å². The van der Waals surface area contributed by atoms with Gasteiger partial charge < -0.3 is 15.7 Å². The Labute approximate surface area is 108 Å². The summed E-state index contributed by atoms with van der Waals surface area (Å²) in [7, 11) is 0.